The van der Waals surface area contributed by atoms with E-state index in [0.717, 1.165) is 24.8 Å². The predicted octanol–water partition coefficient (Wildman–Crippen LogP) is 4.16. The molecule has 1 aromatic heterocycles. The van der Waals surface area contributed by atoms with Gasteiger partial charge in [0.2, 0.25) is 5.91 Å². The second kappa shape index (κ2) is 10.5. The van der Waals surface area contributed by atoms with E-state index < -0.39 is 17.4 Å². The van der Waals surface area contributed by atoms with Gasteiger partial charge in [-0.2, -0.15) is 0 Å². The lowest BCUT2D eigenvalue weighted by atomic mass is 9.69. The number of Topliss-reactive ketones (excluding diaryl/α,β-unsaturated/α-hetero) is 1. The molecule has 10 heteroatoms. The van der Waals surface area contributed by atoms with E-state index in [0.29, 0.717) is 48.8 Å². The molecule has 1 heterocycles. The topological polar surface area (TPSA) is 163 Å². The molecule has 0 radical (unpaired) electrons. The second-order valence-electron chi connectivity index (χ2n) is 11.1. The predicted molar refractivity (Wildman–Crippen MR) is 164 cm³/mol. The first-order valence-corrected chi connectivity index (χ1v) is 14.8. The number of benzene rings is 3. The molecule has 216 valence electrons. The smallest absolute Gasteiger partial charge is 0.262 e. The van der Waals surface area contributed by atoms with E-state index in [4.69, 9.17) is 21.9 Å². The van der Waals surface area contributed by atoms with Gasteiger partial charge in [-0.25, -0.2) is 0 Å². The van der Waals surface area contributed by atoms with Gasteiger partial charge < -0.3 is 32.6 Å². The third-order valence-corrected chi connectivity index (χ3v) is 9.60. The maximum absolute atomic E-state index is 14.2. The van der Waals surface area contributed by atoms with Crippen LogP contribution in [0.2, 0.25) is 0 Å². The molecule has 4 atom stereocenters. The fourth-order valence-corrected chi connectivity index (χ4v) is 7.60. The Kier molecular flexibility index (Phi) is 7.00. The number of aryl methyl sites for hydroxylation is 1. The van der Waals surface area contributed by atoms with E-state index in [2.05, 4.69) is 10.6 Å². The fraction of sp³-hybridized carbons (Fsp3) is 0.281. The van der Waals surface area contributed by atoms with Crippen molar-refractivity contribution in [1.29, 1.82) is 0 Å². The molecule has 0 bridgehead atoms. The molecule has 2 unspecified atom stereocenters. The molecular formula is C32H33N5O4S. The lowest BCUT2D eigenvalue weighted by Crippen LogP contribution is -2.53. The number of carbonyl (C=O) groups excluding carboxylic acids is 3. The van der Waals surface area contributed by atoms with Gasteiger partial charge in [-0.3, -0.25) is 14.4 Å². The molecule has 0 saturated heterocycles. The number of anilines is 1. The Hall–Kier alpha value is -4.25. The number of ketones is 1. The van der Waals surface area contributed by atoms with Crippen molar-refractivity contribution in [1.82, 2.24) is 10.6 Å². The molecule has 1 fully saturated rings. The summed E-state index contributed by atoms with van der Waals surface area (Å²) in [6.07, 6.45) is 2.40. The Morgan fingerprint density at radius 3 is 2.36 bits per heavy atom. The Morgan fingerprint density at radius 2 is 1.67 bits per heavy atom. The van der Waals surface area contributed by atoms with E-state index in [1.165, 1.54) is 18.3 Å². The number of nitrogens with one attached hydrogen (secondary N) is 2. The largest absolute Gasteiger partial charge is 0.457 e. The van der Waals surface area contributed by atoms with E-state index in [-0.39, 0.29) is 23.9 Å². The van der Waals surface area contributed by atoms with Crippen molar-refractivity contribution in [2.24, 2.45) is 11.5 Å². The second-order valence-corrected chi connectivity index (χ2v) is 12.1. The Bertz CT molecular complexity index is 1740. The van der Waals surface area contributed by atoms with Crippen LogP contribution in [-0.4, -0.2) is 29.7 Å². The summed E-state index contributed by atoms with van der Waals surface area (Å²) in [4.78, 5) is 39.9. The van der Waals surface area contributed by atoms with Crippen LogP contribution >= 0.6 is 11.3 Å². The van der Waals surface area contributed by atoms with Crippen LogP contribution in [0.1, 0.15) is 64.2 Å². The number of hydrogen-bond acceptors (Lipinski definition) is 8. The SMILES string of the molecule is CC(=O)N[C@@H]1CCC[C@@H]1NC(=O)c1sc2c(N)ccc3c2c1C(N)C(=O)C3(N)c1ccc(Oc2ccccc2)cc1C. The van der Waals surface area contributed by atoms with Crippen LogP contribution in [0.4, 0.5) is 5.69 Å². The zero-order valence-corrected chi connectivity index (χ0v) is 24.2. The summed E-state index contributed by atoms with van der Waals surface area (Å²) in [7, 11) is 0. The number of ether oxygens (including phenoxy) is 1. The Labute approximate surface area is 247 Å². The number of nitrogen functional groups attached to an aromatic ring is 1. The van der Waals surface area contributed by atoms with Crippen LogP contribution in [-0.2, 0) is 15.1 Å². The third kappa shape index (κ3) is 4.52. The summed E-state index contributed by atoms with van der Waals surface area (Å²) in [5.41, 5.74) is 21.4. The highest BCUT2D eigenvalue weighted by Gasteiger charge is 2.49. The average molecular weight is 584 g/mol. The minimum atomic E-state index is -1.56. The van der Waals surface area contributed by atoms with Crippen LogP contribution in [0.15, 0.2) is 60.7 Å². The zero-order chi connectivity index (χ0) is 29.8. The number of thiophene rings is 1. The van der Waals surface area contributed by atoms with Crippen LogP contribution in [0, 0.1) is 6.92 Å². The Morgan fingerprint density at radius 1 is 0.976 bits per heavy atom. The zero-order valence-electron chi connectivity index (χ0n) is 23.4. The first kappa shape index (κ1) is 27.9. The number of para-hydroxylation sites is 1. The van der Waals surface area contributed by atoms with Crippen LogP contribution in [0.5, 0.6) is 11.5 Å². The highest BCUT2D eigenvalue weighted by atomic mass is 32.1. The van der Waals surface area contributed by atoms with Gasteiger partial charge in [0.15, 0.2) is 5.78 Å². The molecular weight excluding hydrogens is 550 g/mol. The summed E-state index contributed by atoms with van der Waals surface area (Å²) in [6, 6.07) is 16.8. The number of hydrogen-bond donors (Lipinski definition) is 5. The summed E-state index contributed by atoms with van der Waals surface area (Å²) in [6.45, 7) is 3.34. The van der Waals surface area contributed by atoms with Crippen molar-refractivity contribution < 1.29 is 19.1 Å². The highest BCUT2D eigenvalue weighted by molar-refractivity contribution is 7.21. The van der Waals surface area contributed by atoms with Gasteiger partial charge in [0.1, 0.15) is 17.0 Å². The number of rotatable bonds is 6. The van der Waals surface area contributed by atoms with E-state index in [1.807, 2.05) is 43.3 Å². The van der Waals surface area contributed by atoms with Crippen LogP contribution in [0.25, 0.3) is 10.1 Å². The van der Waals surface area contributed by atoms with Crippen molar-refractivity contribution in [3.8, 4) is 11.5 Å². The molecule has 8 N–H and O–H groups in total. The first-order valence-electron chi connectivity index (χ1n) is 14.0. The lowest BCUT2D eigenvalue weighted by Gasteiger charge is -2.37. The maximum Gasteiger partial charge on any atom is 0.262 e. The van der Waals surface area contributed by atoms with Gasteiger partial charge >= 0.3 is 0 Å². The van der Waals surface area contributed by atoms with Gasteiger partial charge in [0.05, 0.1) is 15.6 Å². The molecule has 2 aliphatic rings. The van der Waals surface area contributed by atoms with Gasteiger partial charge in [-0.1, -0.05) is 30.3 Å². The standard InChI is InChI=1S/C32H33N5O4S/c1-16-15-19(41-18-7-4-3-5-8-18)11-12-20(16)32(35)21-13-14-22(33)28-25(21)26(27(34)30(32)39)29(42-28)31(40)37-24-10-6-9-23(24)36-17(2)38/h3-5,7-8,11-15,23-24,27H,6,9-10,33-35H2,1-2H3,(H,36,38)(H,37,40)/t23-,24+,27?,32?/m1/s1. The number of nitrogens with two attached hydrogens (primary N) is 3. The number of amides is 2. The maximum atomic E-state index is 14.2. The van der Waals surface area contributed by atoms with Crippen molar-refractivity contribution in [2.75, 3.05) is 5.73 Å². The monoisotopic (exact) mass is 583 g/mol. The average Bonchev–Trinajstić information content (AvgIpc) is 3.57. The lowest BCUT2D eigenvalue weighted by molar-refractivity contribution is -0.124. The molecule has 0 aliphatic heterocycles. The molecule has 42 heavy (non-hydrogen) atoms. The molecule has 2 aliphatic carbocycles. The summed E-state index contributed by atoms with van der Waals surface area (Å²) >= 11 is 1.21. The van der Waals surface area contributed by atoms with Crippen LogP contribution < -0.4 is 32.6 Å². The van der Waals surface area contributed by atoms with E-state index in [1.54, 1.807) is 24.3 Å². The van der Waals surface area contributed by atoms with Gasteiger partial charge in [-0.15, -0.1) is 11.3 Å². The van der Waals surface area contributed by atoms with Crippen molar-refractivity contribution >= 4 is 44.7 Å². The molecule has 9 nitrogen and oxygen atoms in total. The molecule has 3 aromatic carbocycles. The van der Waals surface area contributed by atoms with Gasteiger partial charge in [-0.05, 0) is 73.2 Å². The minimum absolute atomic E-state index is 0.141. The molecule has 4 aromatic rings. The molecule has 2 amide bonds. The van der Waals surface area contributed by atoms with Gasteiger partial charge in [0.25, 0.3) is 5.91 Å². The van der Waals surface area contributed by atoms with Crippen molar-refractivity contribution in [3.05, 3.63) is 87.8 Å². The summed E-state index contributed by atoms with van der Waals surface area (Å²) in [5, 5.41) is 6.65. The first-order chi connectivity index (χ1) is 20.1. The van der Waals surface area contributed by atoms with Crippen LogP contribution in [0.3, 0.4) is 0 Å². The van der Waals surface area contributed by atoms with E-state index >= 15 is 0 Å². The molecule has 1 saturated carbocycles. The number of carbonyl (C=O) groups is 3. The van der Waals surface area contributed by atoms with E-state index in [9.17, 15) is 14.4 Å². The fourth-order valence-electron chi connectivity index (χ4n) is 6.39. The normalized spacial score (nSPS) is 23.1. The molecule has 6 rings (SSSR count). The van der Waals surface area contributed by atoms with Gasteiger partial charge in [0, 0.05) is 35.6 Å². The van der Waals surface area contributed by atoms with Crippen molar-refractivity contribution in [2.45, 2.75) is 56.8 Å². The Balaban J connectivity index is 1.41. The minimum Gasteiger partial charge on any atom is -0.457 e. The van der Waals surface area contributed by atoms with Crippen molar-refractivity contribution in [3.63, 3.8) is 0 Å². The third-order valence-electron chi connectivity index (χ3n) is 8.34. The summed E-state index contributed by atoms with van der Waals surface area (Å²) in [5.74, 6) is 0.409. The summed E-state index contributed by atoms with van der Waals surface area (Å²) < 4.78 is 6.66. The highest BCUT2D eigenvalue weighted by Crippen LogP contribution is 2.50. The molecule has 0 spiro atoms. The quantitative estimate of drug-likeness (QED) is 0.213.